The summed E-state index contributed by atoms with van der Waals surface area (Å²) < 4.78 is 5.93. The molecule has 21 heavy (non-hydrogen) atoms. The molecule has 2 aromatic carbocycles. The highest BCUT2D eigenvalue weighted by atomic mass is 16.5. The molecular formula is C18H17NO2. The van der Waals surface area contributed by atoms with Crippen molar-refractivity contribution in [2.24, 2.45) is 0 Å². The molecule has 3 heteroatoms. The molecule has 0 unspecified atom stereocenters. The van der Waals surface area contributed by atoms with Crippen molar-refractivity contribution in [2.75, 3.05) is 6.54 Å². The number of ether oxygens (including phenoxy) is 1. The quantitative estimate of drug-likeness (QED) is 0.790. The zero-order chi connectivity index (χ0) is 14.4. The summed E-state index contributed by atoms with van der Waals surface area (Å²) in [6.45, 7) is 2.96. The summed E-state index contributed by atoms with van der Waals surface area (Å²) in [6, 6.07) is 18.0. The zero-order valence-electron chi connectivity index (χ0n) is 11.9. The molecule has 1 fully saturated rings. The van der Waals surface area contributed by atoms with Crippen molar-refractivity contribution in [3.05, 3.63) is 65.7 Å². The molecule has 2 aromatic rings. The van der Waals surface area contributed by atoms with Gasteiger partial charge in [0.05, 0.1) is 0 Å². The predicted molar refractivity (Wildman–Crippen MR) is 80.2 cm³/mol. The minimum Gasteiger partial charge on any atom is -0.478 e. The lowest BCUT2D eigenvalue weighted by Crippen LogP contribution is -2.63. The van der Waals surface area contributed by atoms with Crippen LogP contribution in [0.3, 0.4) is 0 Å². The Balaban J connectivity index is 1.67. The van der Waals surface area contributed by atoms with Crippen LogP contribution in [-0.2, 0) is 4.79 Å². The first-order valence-corrected chi connectivity index (χ1v) is 7.36. The average molecular weight is 279 g/mol. The molecular weight excluding hydrogens is 262 g/mol. The molecule has 3 nitrogen and oxygen atoms in total. The molecule has 2 aliphatic rings. The number of fused-ring (bicyclic) bond motifs is 3. The van der Waals surface area contributed by atoms with Crippen molar-refractivity contribution in [1.82, 2.24) is 4.90 Å². The van der Waals surface area contributed by atoms with Gasteiger partial charge in [-0.2, -0.15) is 0 Å². The van der Waals surface area contributed by atoms with E-state index in [1.165, 1.54) is 11.1 Å². The summed E-state index contributed by atoms with van der Waals surface area (Å²) in [5.74, 6) is 1.25. The van der Waals surface area contributed by atoms with E-state index in [-0.39, 0.29) is 18.1 Å². The number of carbonyl (C=O) groups is 1. The molecule has 4 rings (SSSR count). The fourth-order valence-corrected chi connectivity index (χ4v) is 3.43. The topological polar surface area (TPSA) is 29.5 Å². The van der Waals surface area contributed by atoms with E-state index in [4.69, 9.17) is 4.74 Å². The highest BCUT2D eigenvalue weighted by Crippen LogP contribution is 2.45. The maximum atomic E-state index is 12.4. The van der Waals surface area contributed by atoms with E-state index in [0.29, 0.717) is 5.92 Å². The molecule has 0 saturated carbocycles. The van der Waals surface area contributed by atoms with Crippen LogP contribution in [0.5, 0.6) is 5.75 Å². The summed E-state index contributed by atoms with van der Waals surface area (Å²) in [4.78, 5) is 14.3. The van der Waals surface area contributed by atoms with E-state index in [1.807, 2.05) is 41.3 Å². The van der Waals surface area contributed by atoms with Crippen molar-refractivity contribution in [3.63, 3.8) is 0 Å². The van der Waals surface area contributed by atoms with Gasteiger partial charge in [0.2, 0.25) is 6.10 Å². The Labute approximate surface area is 124 Å². The molecule has 0 bridgehead atoms. The van der Waals surface area contributed by atoms with Gasteiger partial charge in [0.1, 0.15) is 11.8 Å². The fourth-order valence-electron chi connectivity index (χ4n) is 3.43. The normalized spacial score (nSPS) is 26.6. The Kier molecular flexibility index (Phi) is 2.74. The van der Waals surface area contributed by atoms with Gasteiger partial charge in [0.25, 0.3) is 5.91 Å². The molecule has 1 amide bonds. The maximum Gasteiger partial charge on any atom is 0.266 e. The number of hydrogen-bond acceptors (Lipinski definition) is 2. The van der Waals surface area contributed by atoms with Gasteiger partial charge in [0, 0.05) is 6.54 Å². The van der Waals surface area contributed by atoms with E-state index >= 15 is 0 Å². The third-order valence-corrected chi connectivity index (χ3v) is 4.47. The lowest BCUT2D eigenvalue weighted by Gasteiger charge is -2.51. The number of amides is 1. The number of rotatable bonds is 2. The van der Waals surface area contributed by atoms with E-state index in [1.54, 1.807) is 0 Å². The number of hydrogen-bond donors (Lipinski definition) is 0. The highest BCUT2D eigenvalue weighted by molar-refractivity contribution is 5.90. The van der Waals surface area contributed by atoms with Gasteiger partial charge in [-0.3, -0.25) is 4.79 Å². The van der Waals surface area contributed by atoms with Crippen molar-refractivity contribution in [1.29, 1.82) is 0 Å². The van der Waals surface area contributed by atoms with Gasteiger partial charge in [-0.1, -0.05) is 49.4 Å². The molecule has 0 N–H and O–H groups in total. The zero-order valence-corrected chi connectivity index (χ0v) is 11.9. The number of benzene rings is 2. The number of para-hydroxylation sites is 1. The number of nitrogens with zero attached hydrogens (tertiary/aromatic N) is 1. The third-order valence-electron chi connectivity index (χ3n) is 4.47. The van der Waals surface area contributed by atoms with Crippen LogP contribution in [0.4, 0.5) is 0 Å². The van der Waals surface area contributed by atoms with E-state index < -0.39 is 0 Å². The molecule has 106 valence electrons. The van der Waals surface area contributed by atoms with Crippen LogP contribution in [0.25, 0.3) is 0 Å². The minimum atomic E-state index is -0.388. The Morgan fingerprint density at radius 1 is 1.00 bits per heavy atom. The molecule has 0 aromatic heterocycles. The Hall–Kier alpha value is -2.29. The minimum absolute atomic E-state index is 0.0603. The van der Waals surface area contributed by atoms with E-state index in [0.717, 1.165) is 12.3 Å². The van der Waals surface area contributed by atoms with Gasteiger partial charge in [-0.05, 0) is 29.2 Å². The van der Waals surface area contributed by atoms with Gasteiger partial charge < -0.3 is 9.64 Å². The second kappa shape index (κ2) is 4.62. The lowest BCUT2D eigenvalue weighted by atomic mass is 9.79. The van der Waals surface area contributed by atoms with Gasteiger partial charge in [-0.25, -0.2) is 0 Å². The van der Waals surface area contributed by atoms with Crippen molar-refractivity contribution >= 4 is 5.91 Å². The first kappa shape index (κ1) is 12.5. The summed E-state index contributed by atoms with van der Waals surface area (Å²) in [5.41, 5.74) is 2.57. The largest absolute Gasteiger partial charge is 0.478 e. The predicted octanol–water partition coefficient (Wildman–Crippen LogP) is 3.13. The third kappa shape index (κ3) is 1.84. The smallest absolute Gasteiger partial charge is 0.266 e. The molecule has 2 heterocycles. The van der Waals surface area contributed by atoms with Crippen LogP contribution in [0.1, 0.15) is 30.0 Å². The van der Waals surface area contributed by atoms with Crippen LogP contribution < -0.4 is 4.74 Å². The second-order valence-electron chi connectivity index (χ2n) is 5.82. The standard InChI is InChI=1S/C18H17NO2/c1-12-11-19-16(15-10-6-5-9-14(12)15)17(18(19)20)21-13-7-3-2-4-8-13/h2-10,12,16-17H,11H2,1H3/t12-,16-,17+/m1/s1. The number of carbonyl (C=O) groups excluding carboxylic acids is 1. The van der Waals surface area contributed by atoms with E-state index in [9.17, 15) is 4.79 Å². The molecule has 3 atom stereocenters. The molecule has 1 saturated heterocycles. The molecule has 0 aliphatic carbocycles. The van der Waals surface area contributed by atoms with Gasteiger partial charge >= 0.3 is 0 Å². The summed E-state index contributed by atoms with van der Waals surface area (Å²) in [6.07, 6.45) is -0.388. The number of β-lactam (4-membered cyclic amide) rings is 1. The van der Waals surface area contributed by atoms with Crippen LogP contribution in [0.2, 0.25) is 0 Å². The fraction of sp³-hybridized carbons (Fsp3) is 0.278. The highest BCUT2D eigenvalue weighted by Gasteiger charge is 2.53. The van der Waals surface area contributed by atoms with Crippen molar-refractivity contribution < 1.29 is 9.53 Å². The van der Waals surface area contributed by atoms with E-state index in [2.05, 4.69) is 25.1 Å². The van der Waals surface area contributed by atoms with Crippen molar-refractivity contribution in [2.45, 2.75) is 25.0 Å². The SMILES string of the molecule is C[C@@H]1CN2C(=O)[C@@H](Oc3ccccc3)[C@H]2c2ccccc21. The summed E-state index contributed by atoms with van der Waals surface area (Å²) >= 11 is 0. The average Bonchev–Trinajstić information content (AvgIpc) is 2.54. The van der Waals surface area contributed by atoms with Crippen LogP contribution in [-0.4, -0.2) is 23.5 Å². The Morgan fingerprint density at radius 3 is 2.43 bits per heavy atom. The van der Waals surface area contributed by atoms with Crippen LogP contribution >= 0.6 is 0 Å². The summed E-state index contributed by atoms with van der Waals surface area (Å²) in [7, 11) is 0. The van der Waals surface area contributed by atoms with Crippen LogP contribution in [0.15, 0.2) is 54.6 Å². The monoisotopic (exact) mass is 279 g/mol. The van der Waals surface area contributed by atoms with Crippen molar-refractivity contribution in [3.8, 4) is 5.75 Å². The molecule has 0 radical (unpaired) electrons. The first-order valence-electron chi connectivity index (χ1n) is 7.36. The maximum absolute atomic E-state index is 12.4. The molecule has 0 spiro atoms. The lowest BCUT2D eigenvalue weighted by molar-refractivity contribution is -0.165. The van der Waals surface area contributed by atoms with Gasteiger partial charge in [-0.15, -0.1) is 0 Å². The van der Waals surface area contributed by atoms with Gasteiger partial charge in [0.15, 0.2) is 0 Å². The Morgan fingerprint density at radius 2 is 1.67 bits per heavy atom. The van der Waals surface area contributed by atoms with Crippen LogP contribution in [0, 0.1) is 0 Å². The second-order valence-corrected chi connectivity index (χ2v) is 5.82. The first-order chi connectivity index (χ1) is 10.3. The summed E-state index contributed by atoms with van der Waals surface area (Å²) in [5, 5.41) is 0. The Bertz CT molecular complexity index is 683. The molecule has 2 aliphatic heterocycles.